The number of hydrogen-bond donors (Lipinski definition) is 2. The Morgan fingerprint density at radius 1 is 1.23 bits per heavy atom. The first-order valence-corrected chi connectivity index (χ1v) is 10.1. The van der Waals surface area contributed by atoms with Crippen LogP contribution in [0.3, 0.4) is 0 Å². The summed E-state index contributed by atoms with van der Waals surface area (Å²) < 4.78 is 13.5. The summed E-state index contributed by atoms with van der Waals surface area (Å²) in [5.41, 5.74) is 1.69. The molecule has 3 aromatic heterocycles. The fourth-order valence-electron chi connectivity index (χ4n) is 3.81. The predicted octanol–water partition coefficient (Wildman–Crippen LogP) is 3.64. The number of hydrogen-bond acceptors (Lipinski definition) is 7. The summed E-state index contributed by atoms with van der Waals surface area (Å²) in [4.78, 5) is 30.9. The normalized spacial score (nSPS) is 18.6. The van der Waals surface area contributed by atoms with Gasteiger partial charge in [-0.15, -0.1) is 0 Å². The molecule has 9 heteroatoms. The highest BCUT2D eigenvalue weighted by atomic mass is 19.1. The third kappa shape index (κ3) is 4.76. The zero-order chi connectivity index (χ0) is 22.0. The van der Waals surface area contributed by atoms with Gasteiger partial charge in [0.15, 0.2) is 0 Å². The molecule has 4 rings (SSSR count). The summed E-state index contributed by atoms with van der Waals surface area (Å²) in [6.45, 7) is 4.14. The van der Waals surface area contributed by atoms with Crippen molar-refractivity contribution in [3.05, 3.63) is 54.6 Å². The Morgan fingerprint density at radius 2 is 2.06 bits per heavy atom. The molecule has 2 N–H and O–H groups in total. The number of nitrogens with zero attached hydrogens (tertiary/aromatic N) is 5. The van der Waals surface area contributed by atoms with Crippen molar-refractivity contribution < 1.29 is 14.3 Å². The molecule has 0 aliphatic carbocycles. The lowest BCUT2D eigenvalue weighted by Gasteiger charge is -2.37. The number of amides is 1. The molecule has 1 saturated heterocycles. The Bertz CT molecular complexity index is 1110. The molecule has 8 nitrogen and oxygen atoms in total. The van der Waals surface area contributed by atoms with Gasteiger partial charge < -0.3 is 15.3 Å². The molecule has 2 atom stereocenters. The average molecular weight is 422 g/mol. The highest BCUT2D eigenvalue weighted by molar-refractivity contribution is 5.74. The summed E-state index contributed by atoms with van der Waals surface area (Å²) in [5.74, 6) is 0.460. The van der Waals surface area contributed by atoms with Crippen molar-refractivity contribution in [1.82, 2.24) is 24.8 Å². The number of halogens is 1. The van der Waals surface area contributed by atoms with Crippen molar-refractivity contribution in [3.8, 4) is 17.0 Å². The number of likely N-dealkylation sites (tertiary alicyclic amines) is 1. The third-order valence-electron chi connectivity index (χ3n) is 5.41. The minimum absolute atomic E-state index is 0.0242. The van der Waals surface area contributed by atoms with E-state index in [-0.39, 0.29) is 23.6 Å². The SMILES string of the molecule is CC(=O)N1C[C@H](c2nc(Nc3ccnc(F)c3)cc(-c3cncc(O)c3)n2)CC[C@@H]1C. The number of aromatic hydroxyl groups is 1. The smallest absolute Gasteiger partial charge is 0.219 e. The Labute approximate surface area is 179 Å². The van der Waals surface area contributed by atoms with Crippen molar-refractivity contribution in [2.75, 3.05) is 11.9 Å². The van der Waals surface area contributed by atoms with E-state index >= 15 is 0 Å². The van der Waals surface area contributed by atoms with Crippen LogP contribution < -0.4 is 5.32 Å². The molecule has 0 unspecified atom stereocenters. The van der Waals surface area contributed by atoms with Crippen molar-refractivity contribution in [2.24, 2.45) is 0 Å². The van der Waals surface area contributed by atoms with Crippen LogP contribution in [0.15, 0.2) is 42.9 Å². The molecule has 0 spiro atoms. The highest BCUT2D eigenvalue weighted by Crippen LogP contribution is 2.31. The maximum Gasteiger partial charge on any atom is 0.219 e. The summed E-state index contributed by atoms with van der Waals surface area (Å²) in [5, 5.41) is 12.9. The van der Waals surface area contributed by atoms with Crippen LogP contribution in [-0.4, -0.2) is 48.4 Å². The zero-order valence-corrected chi connectivity index (χ0v) is 17.3. The van der Waals surface area contributed by atoms with Crippen LogP contribution >= 0.6 is 0 Å². The van der Waals surface area contributed by atoms with Crippen LogP contribution in [0.4, 0.5) is 15.9 Å². The first kappa shape index (κ1) is 20.6. The lowest BCUT2D eigenvalue weighted by atomic mass is 9.92. The molecule has 31 heavy (non-hydrogen) atoms. The van der Waals surface area contributed by atoms with Crippen LogP contribution in [0, 0.1) is 5.95 Å². The number of pyridine rings is 2. The Morgan fingerprint density at radius 3 is 2.81 bits per heavy atom. The Kier molecular flexibility index (Phi) is 5.75. The van der Waals surface area contributed by atoms with E-state index in [2.05, 4.69) is 20.3 Å². The second-order valence-corrected chi connectivity index (χ2v) is 7.72. The molecule has 0 bridgehead atoms. The number of piperidine rings is 1. The van der Waals surface area contributed by atoms with Gasteiger partial charge in [-0.25, -0.2) is 15.0 Å². The van der Waals surface area contributed by atoms with Crippen LogP contribution in [-0.2, 0) is 4.79 Å². The second kappa shape index (κ2) is 8.63. The van der Waals surface area contributed by atoms with Crippen molar-refractivity contribution in [3.63, 3.8) is 0 Å². The minimum Gasteiger partial charge on any atom is -0.506 e. The van der Waals surface area contributed by atoms with E-state index in [1.807, 2.05) is 11.8 Å². The van der Waals surface area contributed by atoms with Gasteiger partial charge in [0.25, 0.3) is 0 Å². The fraction of sp³-hybridized carbons (Fsp3) is 0.318. The first-order chi connectivity index (χ1) is 14.9. The van der Waals surface area contributed by atoms with E-state index in [0.717, 1.165) is 12.8 Å². The van der Waals surface area contributed by atoms with E-state index in [1.54, 1.807) is 31.3 Å². The predicted molar refractivity (Wildman–Crippen MR) is 113 cm³/mol. The average Bonchev–Trinajstić information content (AvgIpc) is 2.73. The molecule has 1 fully saturated rings. The van der Waals surface area contributed by atoms with Gasteiger partial charge in [0, 0.05) is 61.2 Å². The van der Waals surface area contributed by atoms with Crippen LogP contribution in [0.25, 0.3) is 11.3 Å². The quantitative estimate of drug-likeness (QED) is 0.619. The third-order valence-corrected chi connectivity index (χ3v) is 5.41. The molecule has 4 heterocycles. The maximum atomic E-state index is 13.5. The first-order valence-electron chi connectivity index (χ1n) is 10.1. The van der Waals surface area contributed by atoms with Crippen molar-refractivity contribution in [2.45, 2.75) is 38.6 Å². The van der Waals surface area contributed by atoms with Gasteiger partial charge in [-0.05, 0) is 31.9 Å². The van der Waals surface area contributed by atoms with Gasteiger partial charge >= 0.3 is 0 Å². The summed E-state index contributed by atoms with van der Waals surface area (Å²) >= 11 is 0. The Hall–Kier alpha value is -3.62. The zero-order valence-electron chi connectivity index (χ0n) is 17.3. The highest BCUT2D eigenvalue weighted by Gasteiger charge is 2.30. The number of nitrogens with one attached hydrogen (secondary N) is 1. The number of rotatable bonds is 4. The topological polar surface area (TPSA) is 104 Å². The standard InChI is InChI=1S/C22H23FN6O2/c1-13-3-4-15(12-29(13)14(2)30)22-27-19(16-7-18(31)11-24-10-16)9-21(28-22)26-17-5-6-25-20(23)8-17/h5-11,13,15,31H,3-4,12H2,1-2H3,(H,25,26,27,28)/t13-,15+/m0/s1. The molecule has 0 aromatic carbocycles. The number of carbonyl (C=O) groups excluding carboxylic acids is 1. The van der Waals surface area contributed by atoms with Gasteiger partial charge in [-0.3, -0.25) is 9.78 Å². The van der Waals surface area contributed by atoms with Gasteiger partial charge in [-0.1, -0.05) is 0 Å². The fourth-order valence-corrected chi connectivity index (χ4v) is 3.81. The molecule has 1 aliphatic rings. The van der Waals surface area contributed by atoms with E-state index < -0.39 is 5.95 Å². The van der Waals surface area contributed by atoms with Crippen molar-refractivity contribution >= 4 is 17.4 Å². The Balaban J connectivity index is 1.73. The number of aromatic nitrogens is 4. The van der Waals surface area contributed by atoms with E-state index in [4.69, 9.17) is 4.98 Å². The molecular formula is C22H23FN6O2. The molecular weight excluding hydrogens is 399 g/mol. The summed E-state index contributed by atoms with van der Waals surface area (Å²) in [6, 6.07) is 6.37. The lowest BCUT2D eigenvalue weighted by Crippen LogP contribution is -2.44. The van der Waals surface area contributed by atoms with Gasteiger partial charge in [-0.2, -0.15) is 4.39 Å². The second-order valence-electron chi connectivity index (χ2n) is 7.72. The van der Waals surface area contributed by atoms with Gasteiger partial charge in [0.1, 0.15) is 17.4 Å². The van der Waals surface area contributed by atoms with Gasteiger partial charge in [0.2, 0.25) is 11.9 Å². The minimum atomic E-state index is -0.602. The number of carbonyl (C=O) groups is 1. The summed E-state index contributed by atoms with van der Waals surface area (Å²) in [7, 11) is 0. The van der Waals surface area contributed by atoms with Crippen LogP contribution in [0.5, 0.6) is 5.75 Å². The molecule has 3 aromatic rings. The van der Waals surface area contributed by atoms with E-state index in [9.17, 15) is 14.3 Å². The monoisotopic (exact) mass is 422 g/mol. The summed E-state index contributed by atoms with van der Waals surface area (Å²) in [6.07, 6.45) is 6.01. The van der Waals surface area contributed by atoms with Gasteiger partial charge in [0.05, 0.1) is 11.9 Å². The largest absolute Gasteiger partial charge is 0.506 e. The van der Waals surface area contributed by atoms with E-state index in [0.29, 0.717) is 35.1 Å². The number of anilines is 2. The van der Waals surface area contributed by atoms with E-state index in [1.165, 1.54) is 18.5 Å². The molecule has 1 aliphatic heterocycles. The molecule has 160 valence electrons. The van der Waals surface area contributed by atoms with Crippen LogP contribution in [0.2, 0.25) is 0 Å². The molecule has 0 radical (unpaired) electrons. The van der Waals surface area contributed by atoms with Crippen LogP contribution in [0.1, 0.15) is 38.4 Å². The molecule has 1 amide bonds. The lowest BCUT2D eigenvalue weighted by molar-refractivity contribution is -0.132. The van der Waals surface area contributed by atoms with Crippen molar-refractivity contribution in [1.29, 1.82) is 0 Å². The molecule has 0 saturated carbocycles. The maximum absolute atomic E-state index is 13.5.